The first kappa shape index (κ1) is 15.4. The van der Waals surface area contributed by atoms with Crippen LogP contribution in [-0.4, -0.2) is 12.4 Å². The van der Waals surface area contributed by atoms with E-state index in [0.717, 1.165) is 11.1 Å². The van der Waals surface area contributed by atoms with Crippen LogP contribution in [0.25, 0.3) is 0 Å². The van der Waals surface area contributed by atoms with Gasteiger partial charge >= 0.3 is 0 Å². The Balaban J connectivity index is 2.64. The van der Waals surface area contributed by atoms with Gasteiger partial charge in [0, 0.05) is 16.3 Å². The van der Waals surface area contributed by atoms with Gasteiger partial charge in [-0.15, -0.1) is 0 Å². The van der Waals surface area contributed by atoms with Gasteiger partial charge in [0.05, 0.1) is 12.2 Å². The average Bonchev–Trinajstić information content (AvgIpc) is 2.44. The van der Waals surface area contributed by atoms with Crippen LogP contribution >= 0.6 is 11.6 Å². The van der Waals surface area contributed by atoms with Crippen LogP contribution in [0.3, 0.4) is 0 Å². The van der Waals surface area contributed by atoms with E-state index in [4.69, 9.17) is 22.1 Å². The van der Waals surface area contributed by atoms with Crippen molar-refractivity contribution in [1.29, 1.82) is 0 Å². The molecule has 2 rings (SSSR count). The molecule has 3 nitrogen and oxygen atoms in total. The summed E-state index contributed by atoms with van der Waals surface area (Å²) >= 11 is 6.22. The maximum atomic E-state index is 12.8. The van der Waals surface area contributed by atoms with Gasteiger partial charge in [-0.25, -0.2) is 0 Å². The first-order chi connectivity index (χ1) is 9.95. The standard InChI is InChI=1S/C17H18ClNO2/c1-4-21-17-10(2)8-14(18)11(3)15(17)16(20)12-6-5-7-13(19)9-12/h5-9H,4,19H2,1-3H3. The van der Waals surface area contributed by atoms with Crippen LogP contribution in [0.5, 0.6) is 5.75 Å². The van der Waals surface area contributed by atoms with Crippen molar-refractivity contribution in [2.45, 2.75) is 20.8 Å². The fourth-order valence-corrected chi connectivity index (χ4v) is 2.54. The summed E-state index contributed by atoms with van der Waals surface area (Å²) in [5.41, 5.74) is 8.91. The minimum absolute atomic E-state index is 0.131. The zero-order valence-corrected chi connectivity index (χ0v) is 13.1. The molecule has 0 fully saturated rings. The Bertz CT molecular complexity index is 695. The monoisotopic (exact) mass is 303 g/mol. The third-order valence-electron chi connectivity index (χ3n) is 3.33. The molecule has 0 saturated carbocycles. The second-order valence-electron chi connectivity index (χ2n) is 4.89. The van der Waals surface area contributed by atoms with Gasteiger partial charge in [-0.05, 0) is 50.1 Å². The molecular formula is C17H18ClNO2. The van der Waals surface area contributed by atoms with E-state index < -0.39 is 0 Å². The van der Waals surface area contributed by atoms with E-state index in [9.17, 15) is 4.79 Å². The number of aryl methyl sites for hydroxylation is 1. The Morgan fingerprint density at radius 2 is 2.00 bits per heavy atom. The Morgan fingerprint density at radius 1 is 1.29 bits per heavy atom. The van der Waals surface area contributed by atoms with E-state index in [1.54, 1.807) is 24.3 Å². The number of nitrogen functional groups attached to an aromatic ring is 1. The highest BCUT2D eigenvalue weighted by atomic mass is 35.5. The number of benzene rings is 2. The average molecular weight is 304 g/mol. The molecule has 0 aliphatic heterocycles. The Hall–Kier alpha value is -2.00. The second kappa shape index (κ2) is 6.19. The smallest absolute Gasteiger partial charge is 0.197 e. The number of ketones is 1. The number of hydrogen-bond donors (Lipinski definition) is 1. The molecule has 2 N–H and O–H groups in total. The quantitative estimate of drug-likeness (QED) is 0.681. The van der Waals surface area contributed by atoms with Gasteiger partial charge in [0.1, 0.15) is 5.75 Å². The predicted octanol–water partition coefficient (Wildman–Crippen LogP) is 4.17. The van der Waals surface area contributed by atoms with Crippen molar-refractivity contribution in [1.82, 2.24) is 0 Å². The summed E-state index contributed by atoms with van der Waals surface area (Å²) in [5.74, 6) is 0.459. The third-order valence-corrected chi connectivity index (χ3v) is 3.72. The predicted molar refractivity (Wildman–Crippen MR) is 86.4 cm³/mol. The highest BCUT2D eigenvalue weighted by Gasteiger charge is 2.21. The molecule has 0 unspecified atom stereocenters. The highest BCUT2D eigenvalue weighted by molar-refractivity contribution is 6.32. The molecular weight excluding hydrogens is 286 g/mol. The van der Waals surface area contributed by atoms with Gasteiger partial charge < -0.3 is 10.5 Å². The van der Waals surface area contributed by atoms with Crippen LogP contribution in [0.2, 0.25) is 5.02 Å². The van der Waals surface area contributed by atoms with Crippen molar-refractivity contribution in [3.05, 3.63) is 57.6 Å². The van der Waals surface area contributed by atoms with Crippen LogP contribution in [0.4, 0.5) is 5.69 Å². The first-order valence-corrected chi connectivity index (χ1v) is 7.16. The summed E-state index contributed by atoms with van der Waals surface area (Å²) < 4.78 is 5.67. The van der Waals surface area contributed by atoms with Gasteiger partial charge in [-0.2, -0.15) is 0 Å². The van der Waals surface area contributed by atoms with Gasteiger partial charge in [-0.1, -0.05) is 23.7 Å². The maximum absolute atomic E-state index is 12.8. The number of carbonyl (C=O) groups is 1. The van der Waals surface area contributed by atoms with Crippen LogP contribution in [-0.2, 0) is 0 Å². The number of carbonyl (C=O) groups excluding carboxylic acids is 1. The number of halogens is 1. The first-order valence-electron chi connectivity index (χ1n) is 6.78. The highest BCUT2D eigenvalue weighted by Crippen LogP contribution is 2.34. The summed E-state index contributed by atoms with van der Waals surface area (Å²) in [6.45, 7) is 6.08. The number of rotatable bonds is 4. The van der Waals surface area contributed by atoms with E-state index in [0.29, 0.717) is 34.2 Å². The Morgan fingerprint density at radius 3 is 2.62 bits per heavy atom. The lowest BCUT2D eigenvalue weighted by Gasteiger charge is -2.16. The van der Waals surface area contributed by atoms with E-state index in [-0.39, 0.29) is 5.78 Å². The fourth-order valence-electron chi connectivity index (χ4n) is 2.28. The molecule has 0 aliphatic carbocycles. The van der Waals surface area contributed by atoms with Crippen molar-refractivity contribution in [2.75, 3.05) is 12.3 Å². The molecule has 0 saturated heterocycles. The maximum Gasteiger partial charge on any atom is 0.197 e. The van der Waals surface area contributed by atoms with E-state index in [2.05, 4.69) is 0 Å². The molecule has 0 bridgehead atoms. The zero-order chi connectivity index (χ0) is 15.6. The largest absolute Gasteiger partial charge is 0.493 e. The summed E-state index contributed by atoms with van der Waals surface area (Å²) in [4.78, 5) is 12.8. The summed E-state index contributed by atoms with van der Waals surface area (Å²) in [5, 5.41) is 0.559. The SMILES string of the molecule is CCOc1c(C)cc(Cl)c(C)c1C(=O)c1cccc(N)c1. The molecule has 0 atom stereocenters. The number of hydrogen-bond acceptors (Lipinski definition) is 3. The molecule has 0 heterocycles. The molecule has 0 spiro atoms. The summed E-state index contributed by atoms with van der Waals surface area (Å²) in [6, 6.07) is 8.72. The molecule has 2 aromatic carbocycles. The van der Waals surface area contributed by atoms with Crippen molar-refractivity contribution in [3.63, 3.8) is 0 Å². The van der Waals surface area contributed by atoms with Crippen molar-refractivity contribution in [3.8, 4) is 5.75 Å². The number of anilines is 1. The van der Waals surface area contributed by atoms with Gasteiger partial charge in [0.25, 0.3) is 0 Å². The molecule has 0 aliphatic rings. The lowest BCUT2D eigenvalue weighted by Crippen LogP contribution is -2.10. The topological polar surface area (TPSA) is 52.3 Å². The minimum Gasteiger partial charge on any atom is -0.493 e. The minimum atomic E-state index is -0.131. The van der Waals surface area contributed by atoms with E-state index in [1.807, 2.05) is 26.8 Å². The zero-order valence-electron chi connectivity index (χ0n) is 12.4. The molecule has 21 heavy (non-hydrogen) atoms. The molecule has 0 radical (unpaired) electrons. The molecule has 2 aromatic rings. The van der Waals surface area contributed by atoms with Gasteiger partial charge in [0.15, 0.2) is 5.78 Å². The second-order valence-corrected chi connectivity index (χ2v) is 5.30. The molecule has 4 heteroatoms. The molecule has 110 valence electrons. The van der Waals surface area contributed by atoms with E-state index >= 15 is 0 Å². The molecule has 0 amide bonds. The fraction of sp³-hybridized carbons (Fsp3) is 0.235. The van der Waals surface area contributed by atoms with Crippen molar-refractivity contribution < 1.29 is 9.53 Å². The Labute approximate surface area is 129 Å². The van der Waals surface area contributed by atoms with Crippen LogP contribution in [0, 0.1) is 13.8 Å². The Kier molecular flexibility index (Phi) is 4.53. The third kappa shape index (κ3) is 3.03. The van der Waals surface area contributed by atoms with Crippen molar-refractivity contribution in [2.24, 2.45) is 0 Å². The van der Waals surface area contributed by atoms with Gasteiger partial charge in [-0.3, -0.25) is 4.79 Å². The number of nitrogens with two attached hydrogens (primary N) is 1. The molecule has 0 aromatic heterocycles. The lowest BCUT2D eigenvalue weighted by atomic mass is 9.95. The van der Waals surface area contributed by atoms with E-state index in [1.165, 1.54) is 0 Å². The lowest BCUT2D eigenvalue weighted by molar-refractivity contribution is 0.103. The van der Waals surface area contributed by atoms with Crippen LogP contribution in [0.1, 0.15) is 34.0 Å². The van der Waals surface area contributed by atoms with Crippen LogP contribution < -0.4 is 10.5 Å². The van der Waals surface area contributed by atoms with Crippen LogP contribution in [0.15, 0.2) is 30.3 Å². The summed E-state index contributed by atoms with van der Waals surface area (Å²) in [7, 11) is 0. The summed E-state index contributed by atoms with van der Waals surface area (Å²) in [6.07, 6.45) is 0. The number of ether oxygens (including phenoxy) is 1. The normalized spacial score (nSPS) is 10.5. The van der Waals surface area contributed by atoms with Crippen molar-refractivity contribution >= 4 is 23.1 Å². The van der Waals surface area contributed by atoms with Gasteiger partial charge in [0.2, 0.25) is 0 Å².